The summed E-state index contributed by atoms with van der Waals surface area (Å²) < 4.78 is 1.66. The van der Waals surface area contributed by atoms with Crippen LogP contribution < -0.4 is 11.1 Å². The van der Waals surface area contributed by atoms with E-state index in [1.54, 1.807) is 36.3 Å². The number of carbonyl (C=O) groups excluding carboxylic acids is 1. The van der Waals surface area contributed by atoms with Crippen LogP contribution in [0.2, 0.25) is 0 Å². The van der Waals surface area contributed by atoms with Crippen LogP contribution in [-0.4, -0.2) is 20.7 Å². The van der Waals surface area contributed by atoms with Crippen molar-refractivity contribution < 1.29 is 4.79 Å². The quantitative estimate of drug-likeness (QED) is 0.704. The number of benzene rings is 1. The third-order valence-electron chi connectivity index (χ3n) is 3.53. The van der Waals surface area contributed by atoms with Crippen molar-refractivity contribution >= 4 is 28.2 Å². The van der Waals surface area contributed by atoms with Crippen LogP contribution in [0.25, 0.3) is 10.9 Å². The van der Waals surface area contributed by atoms with Gasteiger partial charge in [0.25, 0.3) is 5.91 Å². The largest absolute Gasteiger partial charge is 0.397 e. The summed E-state index contributed by atoms with van der Waals surface area (Å²) in [6, 6.07) is 7.21. The zero-order chi connectivity index (χ0) is 15.0. The summed E-state index contributed by atoms with van der Waals surface area (Å²) in [5.74, 6) is -0.199. The van der Waals surface area contributed by atoms with Crippen LogP contribution in [-0.2, 0) is 7.05 Å². The van der Waals surface area contributed by atoms with E-state index < -0.39 is 0 Å². The number of nitrogens with one attached hydrogen (secondary N) is 1. The minimum atomic E-state index is -0.199. The predicted molar refractivity (Wildman–Crippen MR) is 82.1 cm³/mol. The van der Waals surface area contributed by atoms with E-state index >= 15 is 0 Å². The van der Waals surface area contributed by atoms with E-state index in [1.807, 2.05) is 19.1 Å². The molecule has 0 atom stereocenters. The third-order valence-corrected chi connectivity index (χ3v) is 3.53. The number of amides is 1. The molecule has 2 heterocycles. The number of nitrogens with two attached hydrogens (primary N) is 1. The number of carbonyl (C=O) groups is 1. The van der Waals surface area contributed by atoms with Crippen LogP contribution in [0.5, 0.6) is 0 Å². The van der Waals surface area contributed by atoms with E-state index in [-0.39, 0.29) is 5.91 Å². The molecule has 3 rings (SSSR count). The number of aromatic nitrogens is 3. The van der Waals surface area contributed by atoms with Gasteiger partial charge in [0.2, 0.25) is 0 Å². The molecular formula is C15H15N5O. The molecule has 0 radical (unpaired) electrons. The number of hydrogen-bond acceptors (Lipinski definition) is 4. The molecule has 0 aliphatic carbocycles. The fourth-order valence-corrected chi connectivity index (χ4v) is 2.21. The van der Waals surface area contributed by atoms with Gasteiger partial charge in [-0.1, -0.05) is 0 Å². The number of hydrogen-bond donors (Lipinski definition) is 2. The molecule has 1 aromatic carbocycles. The maximum Gasteiger partial charge on any atom is 0.259 e. The van der Waals surface area contributed by atoms with Crippen molar-refractivity contribution in [1.29, 1.82) is 0 Å². The summed E-state index contributed by atoms with van der Waals surface area (Å²) in [6.45, 7) is 1.85. The smallest absolute Gasteiger partial charge is 0.259 e. The van der Waals surface area contributed by atoms with Gasteiger partial charge in [-0.2, -0.15) is 5.10 Å². The summed E-state index contributed by atoms with van der Waals surface area (Å²) in [5.41, 5.74) is 9.21. The van der Waals surface area contributed by atoms with Crippen LogP contribution in [0.1, 0.15) is 16.1 Å². The predicted octanol–water partition coefficient (Wildman–Crippen LogP) is 2.11. The van der Waals surface area contributed by atoms with Gasteiger partial charge < -0.3 is 11.1 Å². The molecule has 0 bridgehead atoms. The molecule has 6 heteroatoms. The summed E-state index contributed by atoms with van der Waals surface area (Å²) in [5, 5.41) is 7.79. The zero-order valence-electron chi connectivity index (χ0n) is 11.8. The minimum Gasteiger partial charge on any atom is -0.397 e. The first-order valence-corrected chi connectivity index (χ1v) is 6.51. The Morgan fingerprint density at radius 1 is 1.33 bits per heavy atom. The van der Waals surface area contributed by atoms with Crippen molar-refractivity contribution in [3.8, 4) is 0 Å². The molecule has 6 nitrogen and oxygen atoms in total. The van der Waals surface area contributed by atoms with Gasteiger partial charge in [-0.05, 0) is 31.2 Å². The van der Waals surface area contributed by atoms with Crippen LogP contribution in [0.4, 0.5) is 11.4 Å². The lowest BCUT2D eigenvalue weighted by Crippen LogP contribution is -2.13. The number of nitrogens with zero attached hydrogens (tertiary/aromatic N) is 3. The van der Waals surface area contributed by atoms with E-state index in [1.165, 1.54) is 0 Å². The van der Waals surface area contributed by atoms with E-state index in [9.17, 15) is 4.79 Å². The van der Waals surface area contributed by atoms with E-state index in [4.69, 9.17) is 5.73 Å². The fraction of sp³-hybridized carbons (Fsp3) is 0.133. The fourth-order valence-electron chi connectivity index (χ4n) is 2.21. The topological polar surface area (TPSA) is 85.8 Å². The van der Waals surface area contributed by atoms with E-state index in [0.717, 1.165) is 11.1 Å². The first-order chi connectivity index (χ1) is 10.1. The number of rotatable bonds is 2. The number of pyridine rings is 1. The van der Waals surface area contributed by atoms with Crippen molar-refractivity contribution in [2.24, 2.45) is 7.05 Å². The van der Waals surface area contributed by atoms with Crippen molar-refractivity contribution in [2.45, 2.75) is 6.92 Å². The Hall–Kier alpha value is -2.89. The van der Waals surface area contributed by atoms with Crippen LogP contribution in [0, 0.1) is 6.92 Å². The average molecular weight is 281 g/mol. The van der Waals surface area contributed by atoms with Crippen molar-refractivity contribution in [3.05, 3.63) is 47.9 Å². The Bertz CT molecular complexity index is 837. The lowest BCUT2D eigenvalue weighted by atomic mass is 10.1. The molecule has 3 aromatic rings. The van der Waals surface area contributed by atoms with E-state index in [2.05, 4.69) is 15.4 Å². The highest BCUT2D eigenvalue weighted by atomic mass is 16.1. The molecule has 0 unspecified atom stereocenters. The molecular weight excluding hydrogens is 266 g/mol. The molecule has 0 saturated heterocycles. The second kappa shape index (κ2) is 4.90. The van der Waals surface area contributed by atoms with Crippen molar-refractivity contribution in [1.82, 2.24) is 14.8 Å². The Balaban J connectivity index is 2.01. The molecule has 1 amide bonds. The minimum absolute atomic E-state index is 0.199. The lowest BCUT2D eigenvalue weighted by Gasteiger charge is -2.09. The van der Waals surface area contributed by atoms with Gasteiger partial charge in [0.05, 0.1) is 28.7 Å². The highest BCUT2D eigenvalue weighted by molar-refractivity contribution is 6.10. The maximum absolute atomic E-state index is 12.4. The molecule has 0 fully saturated rings. The SMILES string of the molecule is Cc1c(C(=O)Nc2ccc(N)c3ncccc23)cnn1C. The van der Waals surface area contributed by atoms with Crippen LogP contribution in [0.15, 0.2) is 36.7 Å². The number of fused-ring (bicyclic) bond motifs is 1. The monoisotopic (exact) mass is 281 g/mol. The molecule has 0 aliphatic heterocycles. The van der Waals surface area contributed by atoms with Gasteiger partial charge in [0, 0.05) is 24.3 Å². The summed E-state index contributed by atoms with van der Waals surface area (Å²) >= 11 is 0. The highest BCUT2D eigenvalue weighted by Crippen LogP contribution is 2.26. The van der Waals surface area contributed by atoms with Crippen LogP contribution in [0.3, 0.4) is 0 Å². The molecule has 21 heavy (non-hydrogen) atoms. The molecule has 3 N–H and O–H groups in total. The molecule has 0 spiro atoms. The number of anilines is 2. The van der Waals surface area contributed by atoms with Gasteiger partial charge in [-0.15, -0.1) is 0 Å². The summed E-state index contributed by atoms with van der Waals surface area (Å²) in [7, 11) is 1.80. The Morgan fingerprint density at radius 2 is 2.14 bits per heavy atom. The van der Waals surface area contributed by atoms with Crippen molar-refractivity contribution in [3.63, 3.8) is 0 Å². The Labute approximate surface area is 121 Å². The first kappa shape index (κ1) is 13.1. The first-order valence-electron chi connectivity index (χ1n) is 6.51. The molecule has 0 saturated carbocycles. The Kier molecular flexibility index (Phi) is 3.06. The number of aryl methyl sites for hydroxylation is 1. The second-order valence-corrected chi connectivity index (χ2v) is 4.82. The molecule has 2 aromatic heterocycles. The van der Waals surface area contributed by atoms with Gasteiger partial charge in [-0.3, -0.25) is 14.5 Å². The van der Waals surface area contributed by atoms with E-state index in [0.29, 0.717) is 22.5 Å². The van der Waals surface area contributed by atoms with Gasteiger partial charge in [0.15, 0.2) is 0 Å². The third kappa shape index (κ3) is 2.20. The molecule has 0 aliphatic rings. The Morgan fingerprint density at radius 3 is 2.86 bits per heavy atom. The highest BCUT2D eigenvalue weighted by Gasteiger charge is 2.14. The standard InChI is InChI=1S/C15H15N5O/c1-9-11(8-18-20(9)2)15(21)19-13-6-5-12(16)14-10(13)4-3-7-17-14/h3-8H,16H2,1-2H3,(H,19,21). The lowest BCUT2D eigenvalue weighted by molar-refractivity contribution is 0.102. The van der Waals surface area contributed by atoms with Crippen molar-refractivity contribution in [2.75, 3.05) is 11.1 Å². The van der Waals surface area contributed by atoms with Gasteiger partial charge >= 0.3 is 0 Å². The maximum atomic E-state index is 12.4. The normalized spacial score (nSPS) is 10.8. The van der Waals surface area contributed by atoms with Crippen LogP contribution >= 0.6 is 0 Å². The molecule has 106 valence electrons. The van der Waals surface area contributed by atoms with Gasteiger partial charge in [0.1, 0.15) is 0 Å². The summed E-state index contributed by atoms with van der Waals surface area (Å²) in [6.07, 6.45) is 3.23. The second-order valence-electron chi connectivity index (χ2n) is 4.82. The average Bonchev–Trinajstić information content (AvgIpc) is 2.82. The summed E-state index contributed by atoms with van der Waals surface area (Å²) in [4.78, 5) is 16.6. The number of nitrogen functional groups attached to an aromatic ring is 1. The zero-order valence-corrected chi connectivity index (χ0v) is 11.8. The van der Waals surface area contributed by atoms with Gasteiger partial charge in [-0.25, -0.2) is 0 Å².